The number of carbonyl (C=O) groups excluding carboxylic acids is 1. The number of carbonyl (C=O) groups is 1. The molecule has 0 aromatic heterocycles. The molecule has 0 spiro atoms. The van der Waals surface area contributed by atoms with Crippen molar-refractivity contribution in [2.24, 2.45) is 0 Å². The van der Waals surface area contributed by atoms with Crippen LogP contribution in [0.25, 0.3) is 0 Å². The minimum absolute atomic E-state index is 0.401. The van der Waals surface area contributed by atoms with Crippen LogP contribution in [-0.4, -0.2) is 51.3 Å². The van der Waals surface area contributed by atoms with Crippen LogP contribution in [0.1, 0.15) is 31.9 Å². The van der Waals surface area contributed by atoms with E-state index in [4.69, 9.17) is 18.9 Å². The molecule has 0 aliphatic carbocycles. The van der Waals surface area contributed by atoms with Crippen LogP contribution in [0, 0.1) is 0 Å². The van der Waals surface area contributed by atoms with E-state index >= 15 is 0 Å². The average Bonchev–Trinajstić information content (AvgIpc) is 2.61. The molecular weight excluding hydrogens is 482 g/mol. The second-order valence-electron chi connectivity index (χ2n) is 6.75. The molecule has 1 rings (SSSR count). The average molecular weight is 511 g/mol. The summed E-state index contributed by atoms with van der Waals surface area (Å²) in [6, 6.07) is 6.16. The van der Waals surface area contributed by atoms with Gasteiger partial charge in [-0.15, -0.1) is 0 Å². The fraction of sp³-hybridized carbons (Fsp3) is 0.632. The highest BCUT2D eigenvalue weighted by molar-refractivity contribution is 9.08. The molecule has 27 heavy (non-hydrogen) atoms. The zero-order chi connectivity index (χ0) is 20.1. The zero-order valence-electron chi connectivity index (χ0n) is 16.2. The van der Waals surface area contributed by atoms with E-state index in [9.17, 15) is 4.79 Å². The molecule has 0 atom stereocenters. The largest absolute Gasteiger partial charge is 0.491 e. The van der Waals surface area contributed by atoms with Crippen LogP contribution in [0.3, 0.4) is 0 Å². The van der Waals surface area contributed by atoms with Crippen molar-refractivity contribution in [1.82, 2.24) is 5.32 Å². The van der Waals surface area contributed by atoms with Crippen LogP contribution < -0.4 is 10.1 Å². The first kappa shape index (κ1) is 24.2. The van der Waals surface area contributed by atoms with E-state index in [2.05, 4.69) is 43.2 Å². The lowest BCUT2D eigenvalue weighted by atomic mass is 10.1. The first-order valence-corrected chi connectivity index (χ1v) is 11.1. The van der Waals surface area contributed by atoms with Gasteiger partial charge in [0.1, 0.15) is 18.0 Å². The SMILES string of the molecule is CC(C)(C)OC(=O)NCCOCCOCCOc1cc(CBr)cc(CBr)c1. The number of benzene rings is 1. The van der Waals surface area contributed by atoms with Crippen LogP contribution in [0.15, 0.2) is 18.2 Å². The van der Waals surface area contributed by atoms with Crippen molar-refractivity contribution in [2.75, 3.05) is 39.6 Å². The molecule has 6 nitrogen and oxygen atoms in total. The number of rotatable bonds is 12. The van der Waals surface area contributed by atoms with Crippen LogP contribution in [-0.2, 0) is 24.9 Å². The van der Waals surface area contributed by atoms with E-state index in [-0.39, 0.29) is 0 Å². The summed E-state index contributed by atoms with van der Waals surface area (Å²) in [5.74, 6) is 0.842. The molecule has 1 aromatic rings. The molecule has 0 aliphatic heterocycles. The number of hydrogen-bond donors (Lipinski definition) is 1. The van der Waals surface area contributed by atoms with E-state index in [1.165, 1.54) is 11.1 Å². The predicted octanol–water partition coefficient (Wildman–Crippen LogP) is 4.41. The molecule has 0 saturated carbocycles. The van der Waals surface area contributed by atoms with Crippen molar-refractivity contribution >= 4 is 38.0 Å². The maximum absolute atomic E-state index is 11.4. The summed E-state index contributed by atoms with van der Waals surface area (Å²) in [5, 5.41) is 4.22. The lowest BCUT2D eigenvalue weighted by molar-refractivity contribution is 0.0327. The molecular formula is C19H29Br2NO5. The van der Waals surface area contributed by atoms with Gasteiger partial charge < -0.3 is 24.3 Å². The van der Waals surface area contributed by atoms with Crippen molar-refractivity contribution in [2.45, 2.75) is 37.0 Å². The number of alkyl carbamates (subject to hydrolysis) is 1. The Kier molecular flexibility index (Phi) is 12.0. The smallest absolute Gasteiger partial charge is 0.407 e. The minimum Gasteiger partial charge on any atom is -0.491 e. The first-order chi connectivity index (χ1) is 12.8. The molecule has 0 radical (unpaired) electrons. The molecule has 1 N–H and O–H groups in total. The van der Waals surface area contributed by atoms with Gasteiger partial charge in [-0.25, -0.2) is 4.79 Å². The molecule has 8 heteroatoms. The number of alkyl halides is 2. The molecule has 1 aromatic carbocycles. The third-order valence-corrected chi connectivity index (χ3v) is 4.41. The Morgan fingerprint density at radius 3 is 2.04 bits per heavy atom. The molecule has 0 fully saturated rings. The summed E-state index contributed by atoms with van der Waals surface area (Å²) in [5.41, 5.74) is 1.86. The number of hydrogen-bond acceptors (Lipinski definition) is 5. The fourth-order valence-corrected chi connectivity index (χ4v) is 2.69. The number of amides is 1. The van der Waals surface area contributed by atoms with Crippen molar-refractivity contribution in [3.8, 4) is 5.75 Å². The minimum atomic E-state index is -0.494. The van der Waals surface area contributed by atoms with Crippen molar-refractivity contribution < 1.29 is 23.7 Å². The van der Waals surface area contributed by atoms with Gasteiger partial charge in [-0.05, 0) is 44.0 Å². The van der Waals surface area contributed by atoms with Crippen LogP contribution >= 0.6 is 31.9 Å². The van der Waals surface area contributed by atoms with Crippen molar-refractivity contribution in [1.29, 1.82) is 0 Å². The van der Waals surface area contributed by atoms with Gasteiger partial charge in [0.05, 0.1) is 26.4 Å². The number of ether oxygens (including phenoxy) is 4. The molecule has 154 valence electrons. The van der Waals surface area contributed by atoms with E-state index in [1.54, 1.807) is 0 Å². The van der Waals surface area contributed by atoms with Gasteiger partial charge in [-0.2, -0.15) is 0 Å². The molecule has 1 amide bonds. The normalized spacial score (nSPS) is 11.3. The molecule has 0 aliphatic rings. The predicted molar refractivity (Wildman–Crippen MR) is 113 cm³/mol. The van der Waals surface area contributed by atoms with Gasteiger partial charge in [0.15, 0.2) is 0 Å². The zero-order valence-corrected chi connectivity index (χ0v) is 19.4. The lowest BCUT2D eigenvalue weighted by Gasteiger charge is -2.19. The van der Waals surface area contributed by atoms with E-state index < -0.39 is 11.7 Å². The fourth-order valence-electron chi connectivity index (χ4n) is 2.05. The first-order valence-electron chi connectivity index (χ1n) is 8.84. The second kappa shape index (κ2) is 13.4. The van der Waals surface area contributed by atoms with Gasteiger partial charge in [0.25, 0.3) is 0 Å². The number of halogens is 2. The van der Waals surface area contributed by atoms with Gasteiger partial charge >= 0.3 is 6.09 Å². The Hall–Kier alpha value is -0.830. The summed E-state index contributed by atoms with van der Waals surface area (Å²) in [7, 11) is 0. The van der Waals surface area contributed by atoms with Gasteiger partial charge in [0.2, 0.25) is 0 Å². The number of nitrogens with one attached hydrogen (secondary N) is 1. The highest BCUT2D eigenvalue weighted by Gasteiger charge is 2.15. The summed E-state index contributed by atoms with van der Waals surface area (Å²) >= 11 is 6.93. The highest BCUT2D eigenvalue weighted by Crippen LogP contribution is 2.21. The molecule has 0 bridgehead atoms. The van der Waals surface area contributed by atoms with Crippen LogP contribution in [0.5, 0.6) is 5.75 Å². The summed E-state index contributed by atoms with van der Waals surface area (Å²) in [6.07, 6.45) is -0.438. The van der Waals surface area contributed by atoms with Crippen LogP contribution in [0.2, 0.25) is 0 Å². The van der Waals surface area contributed by atoms with Gasteiger partial charge in [-0.1, -0.05) is 37.9 Å². The molecule has 0 unspecified atom stereocenters. The Morgan fingerprint density at radius 2 is 1.48 bits per heavy atom. The Morgan fingerprint density at radius 1 is 0.926 bits per heavy atom. The summed E-state index contributed by atoms with van der Waals surface area (Å²) < 4.78 is 21.7. The van der Waals surface area contributed by atoms with E-state index in [1.807, 2.05) is 32.9 Å². The van der Waals surface area contributed by atoms with E-state index in [0.717, 1.165) is 16.4 Å². The third-order valence-electron chi connectivity index (χ3n) is 3.12. The standard InChI is InChI=1S/C19H29Br2NO5/c1-19(2,3)27-18(23)22-4-5-24-6-7-25-8-9-26-17-11-15(13-20)10-16(12-17)14-21/h10-12H,4-9,13-14H2,1-3H3,(H,22,23). The highest BCUT2D eigenvalue weighted by atomic mass is 79.9. The quantitative estimate of drug-likeness (QED) is 0.333. The summed E-state index contributed by atoms with van der Waals surface area (Å²) in [6.45, 7) is 8.18. The molecule has 0 saturated heterocycles. The van der Waals surface area contributed by atoms with Gasteiger partial charge in [0, 0.05) is 17.2 Å². The lowest BCUT2D eigenvalue weighted by Crippen LogP contribution is -2.34. The maximum Gasteiger partial charge on any atom is 0.407 e. The Bertz CT molecular complexity index is 541. The monoisotopic (exact) mass is 509 g/mol. The van der Waals surface area contributed by atoms with Crippen LogP contribution in [0.4, 0.5) is 4.79 Å². The summed E-state index contributed by atoms with van der Waals surface area (Å²) in [4.78, 5) is 11.4. The Balaban J connectivity index is 2.03. The van der Waals surface area contributed by atoms with Crippen molar-refractivity contribution in [3.63, 3.8) is 0 Å². The Labute approximate surface area is 178 Å². The van der Waals surface area contributed by atoms with Crippen molar-refractivity contribution in [3.05, 3.63) is 29.3 Å². The second-order valence-corrected chi connectivity index (χ2v) is 7.88. The van der Waals surface area contributed by atoms with E-state index in [0.29, 0.717) is 39.6 Å². The third kappa shape index (κ3) is 12.3. The molecule has 0 heterocycles. The topological polar surface area (TPSA) is 66.0 Å². The van der Waals surface area contributed by atoms with Gasteiger partial charge in [-0.3, -0.25) is 0 Å². The maximum atomic E-state index is 11.4.